The van der Waals surface area contributed by atoms with E-state index < -0.39 is 4.92 Å². The Kier molecular flexibility index (Phi) is 4.50. The zero-order valence-electron chi connectivity index (χ0n) is 11.5. The highest BCUT2D eigenvalue weighted by molar-refractivity contribution is 5.94. The summed E-state index contributed by atoms with van der Waals surface area (Å²) in [6, 6.07) is 15.4. The molecule has 0 saturated carbocycles. The van der Waals surface area contributed by atoms with Gasteiger partial charge in [0.25, 0.3) is 5.69 Å². The smallest absolute Gasteiger partial charge is 0.292 e. The van der Waals surface area contributed by atoms with Crippen LogP contribution in [0.4, 0.5) is 17.1 Å². The Morgan fingerprint density at radius 3 is 2.43 bits per heavy atom. The normalized spacial score (nSPS) is 9.95. The summed E-state index contributed by atoms with van der Waals surface area (Å²) in [5.74, 6) is -0.234. The molecule has 1 amide bonds. The van der Waals surface area contributed by atoms with Crippen LogP contribution in [-0.4, -0.2) is 24.4 Å². The van der Waals surface area contributed by atoms with Gasteiger partial charge in [0, 0.05) is 18.8 Å². The Morgan fingerprint density at radius 1 is 1.14 bits per heavy atom. The number of anilines is 2. The third-order valence-electron chi connectivity index (χ3n) is 2.93. The maximum atomic E-state index is 12.0. The van der Waals surface area contributed by atoms with E-state index in [0.717, 1.165) is 0 Å². The highest BCUT2D eigenvalue weighted by Gasteiger charge is 2.17. The maximum absolute atomic E-state index is 12.0. The second kappa shape index (κ2) is 6.51. The van der Waals surface area contributed by atoms with Gasteiger partial charge < -0.3 is 10.2 Å². The molecule has 0 fully saturated rings. The quantitative estimate of drug-likeness (QED) is 0.677. The maximum Gasteiger partial charge on any atom is 0.292 e. The Hall–Kier alpha value is -2.89. The first kappa shape index (κ1) is 14.5. The van der Waals surface area contributed by atoms with Gasteiger partial charge in [0.2, 0.25) is 5.91 Å². The third-order valence-corrected chi connectivity index (χ3v) is 2.93. The summed E-state index contributed by atoms with van der Waals surface area (Å²) in [5, 5.41) is 13.7. The van der Waals surface area contributed by atoms with Crippen molar-refractivity contribution in [2.24, 2.45) is 0 Å². The first-order valence-corrected chi connectivity index (χ1v) is 6.37. The van der Waals surface area contributed by atoms with Gasteiger partial charge in [-0.2, -0.15) is 0 Å². The zero-order valence-corrected chi connectivity index (χ0v) is 11.5. The highest BCUT2D eigenvalue weighted by Crippen LogP contribution is 2.26. The molecule has 2 aromatic rings. The van der Waals surface area contributed by atoms with E-state index in [0.29, 0.717) is 11.4 Å². The average molecular weight is 285 g/mol. The molecule has 0 aliphatic heterocycles. The molecule has 0 aliphatic rings. The Bertz CT molecular complexity index is 644. The van der Waals surface area contributed by atoms with E-state index in [1.807, 2.05) is 18.2 Å². The predicted molar refractivity (Wildman–Crippen MR) is 81.4 cm³/mol. The Labute approximate surface area is 122 Å². The van der Waals surface area contributed by atoms with Crippen LogP contribution in [0.5, 0.6) is 0 Å². The fourth-order valence-corrected chi connectivity index (χ4v) is 1.96. The molecular formula is C15H15N3O3. The summed E-state index contributed by atoms with van der Waals surface area (Å²) in [4.78, 5) is 24.0. The van der Waals surface area contributed by atoms with Gasteiger partial charge in [0.05, 0.1) is 11.5 Å². The summed E-state index contributed by atoms with van der Waals surface area (Å²) in [7, 11) is 1.65. The number of hydrogen-bond acceptors (Lipinski definition) is 4. The molecule has 0 atom stereocenters. The summed E-state index contributed by atoms with van der Waals surface area (Å²) < 4.78 is 0. The van der Waals surface area contributed by atoms with Crippen molar-refractivity contribution in [1.82, 2.24) is 0 Å². The topological polar surface area (TPSA) is 75.5 Å². The van der Waals surface area contributed by atoms with Gasteiger partial charge in [-0.25, -0.2) is 0 Å². The van der Waals surface area contributed by atoms with Crippen molar-refractivity contribution in [2.75, 3.05) is 23.8 Å². The largest absolute Gasteiger partial charge is 0.360 e. The average Bonchev–Trinajstić information content (AvgIpc) is 2.48. The number of nitrogens with one attached hydrogen (secondary N) is 1. The molecule has 0 aromatic heterocycles. The SMILES string of the molecule is CN(CC(=O)Nc1ccccc1)c1ccccc1[N+](=O)[O-]. The molecule has 0 spiro atoms. The van der Waals surface area contributed by atoms with Gasteiger partial charge in [-0.1, -0.05) is 30.3 Å². The number of nitrogens with zero attached hydrogens (tertiary/aromatic N) is 2. The van der Waals surface area contributed by atoms with Crippen LogP contribution in [0.15, 0.2) is 54.6 Å². The molecule has 0 unspecified atom stereocenters. The molecule has 21 heavy (non-hydrogen) atoms. The summed E-state index contributed by atoms with van der Waals surface area (Å²) in [6.07, 6.45) is 0. The van der Waals surface area contributed by atoms with Gasteiger partial charge in [0.1, 0.15) is 5.69 Å². The Morgan fingerprint density at radius 2 is 1.76 bits per heavy atom. The fourth-order valence-electron chi connectivity index (χ4n) is 1.96. The minimum atomic E-state index is -0.457. The zero-order chi connectivity index (χ0) is 15.2. The van der Waals surface area contributed by atoms with E-state index in [1.54, 1.807) is 42.3 Å². The van der Waals surface area contributed by atoms with Crippen LogP contribution in [0.3, 0.4) is 0 Å². The van der Waals surface area contributed by atoms with Crippen molar-refractivity contribution in [3.05, 3.63) is 64.7 Å². The summed E-state index contributed by atoms with van der Waals surface area (Å²) in [5.41, 5.74) is 1.08. The van der Waals surface area contributed by atoms with Crippen molar-refractivity contribution < 1.29 is 9.72 Å². The minimum absolute atomic E-state index is 0.0208. The van der Waals surface area contributed by atoms with E-state index in [9.17, 15) is 14.9 Å². The molecule has 6 nitrogen and oxygen atoms in total. The lowest BCUT2D eigenvalue weighted by Gasteiger charge is -2.18. The minimum Gasteiger partial charge on any atom is -0.360 e. The van der Waals surface area contributed by atoms with Crippen molar-refractivity contribution in [1.29, 1.82) is 0 Å². The number of nitro groups is 1. The van der Waals surface area contributed by atoms with E-state index in [2.05, 4.69) is 5.32 Å². The number of hydrogen-bond donors (Lipinski definition) is 1. The van der Waals surface area contributed by atoms with Crippen molar-refractivity contribution >= 4 is 23.0 Å². The molecule has 0 aliphatic carbocycles. The lowest BCUT2D eigenvalue weighted by Crippen LogP contribution is -2.30. The standard InChI is InChI=1S/C15H15N3O3/c1-17(13-9-5-6-10-14(13)18(20)21)11-15(19)16-12-7-3-2-4-8-12/h2-10H,11H2,1H3,(H,16,19). The number of carbonyl (C=O) groups excluding carboxylic acids is 1. The van der Waals surface area contributed by atoms with Gasteiger partial charge in [-0.15, -0.1) is 0 Å². The molecule has 2 rings (SSSR count). The highest BCUT2D eigenvalue weighted by atomic mass is 16.6. The molecule has 0 saturated heterocycles. The van der Waals surface area contributed by atoms with Crippen LogP contribution in [0.25, 0.3) is 0 Å². The molecule has 108 valence electrons. The molecular weight excluding hydrogens is 270 g/mol. The van der Waals surface area contributed by atoms with Crippen LogP contribution in [0.1, 0.15) is 0 Å². The second-order valence-corrected chi connectivity index (χ2v) is 4.52. The van der Waals surface area contributed by atoms with Crippen molar-refractivity contribution in [2.45, 2.75) is 0 Å². The van der Waals surface area contributed by atoms with Gasteiger partial charge in [0.15, 0.2) is 0 Å². The molecule has 2 aromatic carbocycles. The number of para-hydroxylation sites is 3. The predicted octanol–water partition coefficient (Wildman–Crippen LogP) is 2.67. The van der Waals surface area contributed by atoms with Crippen LogP contribution < -0.4 is 10.2 Å². The molecule has 1 N–H and O–H groups in total. The van der Waals surface area contributed by atoms with Crippen LogP contribution in [-0.2, 0) is 4.79 Å². The summed E-state index contributed by atoms with van der Waals surface area (Å²) >= 11 is 0. The number of carbonyl (C=O) groups is 1. The molecule has 0 radical (unpaired) electrons. The van der Waals surface area contributed by atoms with Gasteiger partial charge in [-0.3, -0.25) is 14.9 Å². The lowest BCUT2D eigenvalue weighted by molar-refractivity contribution is -0.384. The van der Waals surface area contributed by atoms with Crippen LogP contribution in [0, 0.1) is 10.1 Å². The van der Waals surface area contributed by atoms with E-state index >= 15 is 0 Å². The number of likely N-dealkylation sites (N-methyl/N-ethyl adjacent to an activating group) is 1. The second-order valence-electron chi connectivity index (χ2n) is 4.52. The molecule has 6 heteroatoms. The first-order valence-electron chi connectivity index (χ1n) is 6.37. The van der Waals surface area contributed by atoms with E-state index in [-0.39, 0.29) is 18.1 Å². The van der Waals surface area contributed by atoms with Crippen molar-refractivity contribution in [3.63, 3.8) is 0 Å². The third kappa shape index (κ3) is 3.79. The number of rotatable bonds is 5. The Balaban J connectivity index is 2.06. The van der Waals surface area contributed by atoms with Gasteiger partial charge in [-0.05, 0) is 18.2 Å². The fraction of sp³-hybridized carbons (Fsp3) is 0.133. The lowest BCUT2D eigenvalue weighted by atomic mass is 10.2. The monoisotopic (exact) mass is 285 g/mol. The number of nitro benzene ring substituents is 1. The number of amides is 1. The molecule has 0 heterocycles. The van der Waals surface area contributed by atoms with E-state index in [1.165, 1.54) is 6.07 Å². The van der Waals surface area contributed by atoms with Crippen molar-refractivity contribution in [3.8, 4) is 0 Å². The summed E-state index contributed by atoms with van der Waals surface area (Å²) in [6.45, 7) is 0.0275. The van der Waals surface area contributed by atoms with Crippen LogP contribution >= 0.6 is 0 Å². The molecule has 0 bridgehead atoms. The van der Waals surface area contributed by atoms with E-state index in [4.69, 9.17) is 0 Å². The number of benzene rings is 2. The van der Waals surface area contributed by atoms with Crippen LogP contribution in [0.2, 0.25) is 0 Å². The first-order chi connectivity index (χ1) is 10.1. The van der Waals surface area contributed by atoms with Gasteiger partial charge >= 0.3 is 0 Å².